The van der Waals surface area contributed by atoms with Crippen LogP contribution in [-0.2, 0) is 16.9 Å². The topological polar surface area (TPSA) is 97.6 Å². The fourth-order valence-corrected chi connectivity index (χ4v) is 3.14. The van der Waals surface area contributed by atoms with E-state index in [1.54, 1.807) is 32.2 Å². The first kappa shape index (κ1) is 17.7. The zero-order chi connectivity index (χ0) is 19.7. The third kappa shape index (κ3) is 2.98. The van der Waals surface area contributed by atoms with Crippen LogP contribution in [0.15, 0.2) is 59.1 Å². The average molecular weight is 378 g/mol. The number of hydrogen-bond acceptors (Lipinski definition) is 6. The Bertz CT molecular complexity index is 1030. The summed E-state index contributed by atoms with van der Waals surface area (Å²) in [4.78, 5) is 30.7. The van der Waals surface area contributed by atoms with E-state index in [4.69, 9.17) is 9.26 Å². The van der Waals surface area contributed by atoms with E-state index in [9.17, 15) is 9.59 Å². The molecule has 0 radical (unpaired) electrons. The van der Waals surface area contributed by atoms with Crippen LogP contribution in [0.5, 0.6) is 5.75 Å². The van der Waals surface area contributed by atoms with Crippen molar-refractivity contribution in [1.29, 1.82) is 0 Å². The van der Waals surface area contributed by atoms with Gasteiger partial charge in [0.15, 0.2) is 0 Å². The molecule has 1 saturated heterocycles. The lowest BCUT2D eigenvalue weighted by molar-refractivity contribution is -0.131. The van der Waals surface area contributed by atoms with Gasteiger partial charge in [-0.1, -0.05) is 47.6 Å². The zero-order valence-corrected chi connectivity index (χ0v) is 15.4. The van der Waals surface area contributed by atoms with E-state index in [1.807, 2.05) is 36.4 Å². The Balaban J connectivity index is 1.56. The standard InChI is InChI=1S/C20H18N4O4/c1-20(14-8-4-3-5-9-14)18(25)24(19(26)22-20)12-16-21-17(23-28-16)13-7-6-10-15(11-13)27-2/h3-11H,12H2,1-2H3,(H,22,26). The lowest BCUT2D eigenvalue weighted by atomic mass is 9.92. The highest BCUT2D eigenvalue weighted by Gasteiger charge is 2.49. The molecule has 3 aromatic rings. The third-order valence-electron chi connectivity index (χ3n) is 4.72. The molecule has 1 aliphatic heterocycles. The van der Waals surface area contributed by atoms with Crippen molar-refractivity contribution in [3.05, 3.63) is 66.1 Å². The molecule has 0 aliphatic carbocycles. The molecule has 2 heterocycles. The fraction of sp³-hybridized carbons (Fsp3) is 0.200. The minimum Gasteiger partial charge on any atom is -0.497 e. The fourth-order valence-electron chi connectivity index (χ4n) is 3.14. The molecule has 2 aromatic carbocycles. The Hall–Kier alpha value is -3.68. The van der Waals surface area contributed by atoms with Crippen LogP contribution in [0.25, 0.3) is 11.4 Å². The molecule has 4 rings (SSSR count). The van der Waals surface area contributed by atoms with Gasteiger partial charge in [0.05, 0.1) is 7.11 Å². The summed E-state index contributed by atoms with van der Waals surface area (Å²) < 4.78 is 10.4. The summed E-state index contributed by atoms with van der Waals surface area (Å²) in [5.41, 5.74) is 0.285. The molecule has 0 spiro atoms. The Morgan fingerprint density at radius 3 is 2.68 bits per heavy atom. The molecule has 0 saturated carbocycles. The number of aromatic nitrogens is 2. The molecular weight excluding hydrogens is 360 g/mol. The molecule has 1 atom stereocenters. The van der Waals surface area contributed by atoms with Gasteiger partial charge in [0.2, 0.25) is 11.7 Å². The monoisotopic (exact) mass is 378 g/mol. The Kier molecular flexibility index (Phi) is 4.31. The van der Waals surface area contributed by atoms with Crippen LogP contribution in [-0.4, -0.2) is 34.1 Å². The molecule has 142 valence electrons. The van der Waals surface area contributed by atoms with Crippen LogP contribution in [0.4, 0.5) is 4.79 Å². The van der Waals surface area contributed by atoms with E-state index in [0.717, 1.165) is 4.90 Å². The van der Waals surface area contributed by atoms with E-state index >= 15 is 0 Å². The van der Waals surface area contributed by atoms with Gasteiger partial charge in [0, 0.05) is 5.56 Å². The van der Waals surface area contributed by atoms with Crippen molar-refractivity contribution in [2.75, 3.05) is 7.11 Å². The van der Waals surface area contributed by atoms with Crippen molar-refractivity contribution in [1.82, 2.24) is 20.4 Å². The number of imide groups is 1. The number of methoxy groups -OCH3 is 1. The summed E-state index contributed by atoms with van der Waals surface area (Å²) in [7, 11) is 1.57. The zero-order valence-electron chi connectivity index (χ0n) is 15.4. The van der Waals surface area contributed by atoms with Crippen molar-refractivity contribution in [3.63, 3.8) is 0 Å². The van der Waals surface area contributed by atoms with Gasteiger partial charge in [-0.25, -0.2) is 4.79 Å². The maximum Gasteiger partial charge on any atom is 0.325 e. The van der Waals surface area contributed by atoms with E-state index in [1.165, 1.54) is 0 Å². The van der Waals surface area contributed by atoms with Gasteiger partial charge >= 0.3 is 6.03 Å². The highest BCUT2D eigenvalue weighted by atomic mass is 16.5. The first-order valence-corrected chi connectivity index (χ1v) is 8.68. The van der Waals surface area contributed by atoms with Gasteiger partial charge in [0.25, 0.3) is 5.91 Å². The molecule has 1 aromatic heterocycles. The van der Waals surface area contributed by atoms with Crippen molar-refractivity contribution < 1.29 is 18.8 Å². The van der Waals surface area contributed by atoms with E-state index in [2.05, 4.69) is 15.5 Å². The number of amides is 3. The summed E-state index contributed by atoms with van der Waals surface area (Å²) >= 11 is 0. The Morgan fingerprint density at radius 1 is 1.14 bits per heavy atom. The highest BCUT2D eigenvalue weighted by molar-refractivity contribution is 6.07. The van der Waals surface area contributed by atoms with Crippen molar-refractivity contribution in [2.24, 2.45) is 0 Å². The van der Waals surface area contributed by atoms with Crippen LogP contribution in [0.3, 0.4) is 0 Å². The maximum atomic E-state index is 12.9. The summed E-state index contributed by atoms with van der Waals surface area (Å²) in [5, 5.41) is 6.69. The van der Waals surface area contributed by atoms with Crippen molar-refractivity contribution in [2.45, 2.75) is 19.0 Å². The number of nitrogens with zero attached hydrogens (tertiary/aromatic N) is 3. The summed E-state index contributed by atoms with van der Waals surface area (Å²) in [6.45, 7) is 1.57. The first-order valence-electron chi connectivity index (χ1n) is 8.68. The average Bonchev–Trinajstić information content (AvgIpc) is 3.28. The molecular formula is C20H18N4O4. The highest BCUT2D eigenvalue weighted by Crippen LogP contribution is 2.29. The molecule has 3 amide bonds. The van der Waals surface area contributed by atoms with Crippen molar-refractivity contribution in [3.8, 4) is 17.1 Å². The van der Waals surface area contributed by atoms with Crippen LogP contribution in [0, 0.1) is 0 Å². The summed E-state index contributed by atoms with van der Waals surface area (Å²) in [6, 6.07) is 15.8. The SMILES string of the molecule is COc1cccc(-c2noc(CN3C(=O)NC(C)(c4ccccc4)C3=O)n2)c1. The van der Waals surface area contributed by atoms with Gasteiger partial charge in [-0.15, -0.1) is 0 Å². The predicted octanol–water partition coefficient (Wildman–Crippen LogP) is 2.71. The van der Waals surface area contributed by atoms with Crippen molar-refractivity contribution >= 4 is 11.9 Å². The summed E-state index contributed by atoms with van der Waals surface area (Å²) in [5.74, 6) is 0.812. The number of carbonyl (C=O) groups is 2. The number of hydrogen-bond donors (Lipinski definition) is 1. The minimum atomic E-state index is -1.13. The van der Waals surface area contributed by atoms with Crippen LogP contribution < -0.4 is 10.1 Å². The molecule has 1 N–H and O–H groups in total. The van der Waals surface area contributed by atoms with Crippen LogP contribution in [0.2, 0.25) is 0 Å². The molecule has 1 fully saturated rings. The molecule has 8 heteroatoms. The third-order valence-corrected chi connectivity index (χ3v) is 4.72. The van der Waals surface area contributed by atoms with Gasteiger partial charge in [-0.2, -0.15) is 4.98 Å². The number of urea groups is 1. The molecule has 8 nitrogen and oxygen atoms in total. The summed E-state index contributed by atoms with van der Waals surface area (Å²) in [6.07, 6.45) is 0. The Morgan fingerprint density at radius 2 is 1.93 bits per heavy atom. The first-order chi connectivity index (χ1) is 13.5. The predicted molar refractivity (Wildman–Crippen MR) is 99.2 cm³/mol. The molecule has 28 heavy (non-hydrogen) atoms. The quantitative estimate of drug-likeness (QED) is 0.686. The maximum absolute atomic E-state index is 12.9. The number of benzene rings is 2. The second kappa shape index (κ2) is 6.80. The smallest absolute Gasteiger partial charge is 0.325 e. The van der Waals surface area contributed by atoms with E-state index in [-0.39, 0.29) is 18.3 Å². The number of carbonyl (C=O) groups excluding carboxylic acids is 2. The lowest BCUT2D eigenvalue weighted by Gasteiger charge is -2.21. The van der Waals surface area contributed by atoms with E-state index < -0.39 is 11.6 Å². The van der Waals surface area contributed by atoms with E-state index in [0.29, 0.717) is 22.7 Å². The number of ether oxygens (including phenoxy) is 1. The molecule has 1 aliphatic rings. The number of nitrogens with one attached hydrogen (secondary N) is 1. The van der Waals surface area contributed by atoms with Crippen LogP contribution in [0.1, 0.15) is 18.4 Å². The lowest BCUT2D eigenvalue weighted by Crippen LogP contribution is -2.40. The van der Waals surface area contributed by atoms with Gasteiger partial charge < -0.3 is 14.6 Å². The van der Waals surface area contributed by atoms with Gasteiger partial charge in [-0.05, 0) is 24.6 Å². The molecule has 1 unspecified atom stereocenters. The minimum absolute atomic E-state index is 0.107. The largest absolute Gasteiger partial charge is 0.497 e. The van der Waals surface area contributed by atoms with Gasteiger partial charge in [0.1, 0.15) is 17.8 Å². The number of rotatable bonds is 5. The van der Waals surface area contributed by atoms with Gasteiger partial charge in [-0.3, -0.25) is 9.69 Å². The molecule has 0 bridgehead atoms. The van der Waals surface area contributed by atoms with Crippen LogP contribution >= 0.6 is 0 Å². The normalized spacial score (nSPS) is 19.0. The Labute approximate surface area is 161 Å². The second-order valence-corrected chi connectivity index (χ2v) is 6.56. The second-order valence-electron chi connectivity index (χ2n) is 6.56.